The van der Waals surface area contributed by atoms with E-state index in [-0.39, 0.29) is 5.97 Å². The standard InChI is InChI=1S/C15H23N3O2/c1-20-14(19)9-5-6-11-17-15(16)18-12-10-13-7-3-2-4-8-13/h2-4,7-8H,5-6,9-12H2,1H3,(H3,16,17,18). The number of aliphatic imine (C=N–C) groups is 1. The first kappa shape index (κ1) is 16.0. The van der Waals surface area contributed by atoms with E-state index in [1.807, 2.05) is 18.2 Å². The fraction of sp³-hybridized carbons (Fsp3) is 0.467. The molecule has 1 rings (SSSR count). The first-order chi connectivity index (χ1) is 9.72. The van der Waals surface area contributed by atoms with Crippen molar-refractivity contribution in [2.45, 2.75) is 25.7 Å². The predicted molar refractivity (Wildman–Crippen MR) is 80.5 cm³/mol. The van der Waals surface area contributed by atoms with Gasteiger partial charge in [-0.05, 0) is 24.8 Å². The molecule has 0 amide bonds. The Morgan fingerprint density at radius 1 is 1.30 bits per heavy atom. The quantitative estimate of drug-likeness (QED) is 0.326. The van der Waals surface area contributed by atoms with Crippen molar-refractivity contribution in [2.75, 3.05) is 20.2 Å². The lowest BCUT2D eigenvalue weighted by Crippen LogP contribution is -2.33. The zero-order valence-electron chi connectivity index (χ0n) is 12.0. The number of nitrogens with one attached hydrogen (secondary N) is 1. The van der Waals surface area contributed by atoms with Crippen molar-refractivity contribution in [3.8, 4) is 0 Å². The number of rotatable bonds is 8. The number of benzene rings is 1. The number of carbonyl (C=O) groups is 1. The summed E-state index contributed by atoms with van der Waals surface area (Å²) in [6.45, 7) is 1.39. The summed E-state index contributed by atoms with van der Waals surface area (Å²) in [6, 6.07) is 10.2. The van der Waals surface area contributed by atoms with Gasteiger partial charge in [0.05, 0.1) is 7.11 Å². The average molecular weight is 277 g/mol. The summed E-state index contributed by atoms with van der Waals surface area (Å²) in [5.41, 5.74) is 7.02. The number of hydrogen-bond acceptors (Lipinski definition) is 3. The normalized spacial score (nSPS) is 11.2. The van der Waals surface area contributed by atoms with E-state index in [1.165, 1.54) is 12.7 Å². The first-order valence-corrected chi connectivity index (χ1v) is 6.87. The van der Waals surface area contributed by atoms with Gasteiger partial charge in [0.25, 0.3) is 0 Å². The molecule has 0 heterocycles. The molecule has 0 saturated carbocycles. The first-order valence-electron chi connectivity index (χ1n) is 6.87. The number of guanidine groups is 1. The van der Waals surface area contributed by atoms with Crippen LogP contribution in [0.3, 0.4) is 0 Å². The van der Waals surface area contributed by atoms with Gasteiger partial charge in [-0.25, -0.2) is 0 Å². The molecule has 0 aliphatic heterocycles. The van der Waals surface area contributed by atoms with Crippen molar-refractivity contribution in [3.63, 3.8) is 0 Å². The lowest BCUT2D eigenvalue weighted by Gasteiger charge is -2.05. The Hall–Kier alpha value is -2.04. The number of carbonyl (C=O) groups excluding carboxylic acids is 1. The maximum absolute atomic E-state index is 10.9. The average Bonchev–Trinajstić information content (AvgIpc) is 2.47. The molecule has 0 aliphatic carbocycles. The maximum atomic E-state index is 10.9. The van der Waals surface area contributed by atoms with Crippen LogP contribution in [0.4, 0.5) is 0 Å². The summed E-state index contributed by atoms with van der Waals surface area (Å²) >= 11 is 0. The van der Waals surface area contributed by atoms with E-state index in [1.54, 1.807) is 0 Å². The SMILES string of the molecule is COC(=O)CCCCN=C(N)NCCc1ccccc1. The second kappa shape index (κ2) is 9.83. The summed E-state index contributed by atoms with van der Waals surface area (Å²) in [5, 5.41) is 3.08. The lowest BCUT2D eigenvalue weighted by atomic mass is 10.1. The number of unbranched alkanes of at least 4 members (excludes halogenated alkanes) is 1. The number of esters is 1. The molecule has 0 fully saturated rings. The van der Waals surface area contributed by atoms with Crippen LogP contribution < -0.4 is 11.1 Å². The Balaban J connectivity index is 2.08. The van der Waals surface area contributed by atoms with Gasteiger partial charge in [0.1, 0.15) is 0 Å². The van der Waals surface area contributed by atoms with Crippen LogP contribution in [0.15, 0.2) is 35.3 Å². The highest BCUT2D eigenvalue weighted by Gasteiger charge is 1.98. The second-order valence-corrected chi connectivity index (χ2v) is 4.46. The predicted octanol–water partition coefficient (Wildman–Crippen LogP) is 1.48. The van der Waals surface area contributed by atoms with E-state index in [0.717, 1.165) is 25.8 Å². The number of nitrogens with zero attached hydrogens (tertiary/aromatic N) is 1. The third-order valence-electron chi connectivity index (χ3n) is 2.86. The van der Waals surface area contributed by atoms with Gasteiger partial charge in [0.2, 0.25) is 0 Å². The zero-order valence-corrected chi connectivity index (χ0v) is 12.0. The van der Waals surface area contributed by atoms with Crippen LogP contribution in [0, 0.1) is 0 Å². The van der Waals surface area contributed by atoms with E-state index < -0.39 is 0 Å². The molecule has 0 spiro atoms. The molecular formula is C15H23N3O2. The Labute approximate surface area is 120 Å². The highest BCUT2D eigenvalue weighted by Crippen LogP contribution is 1.98. The molecule has 5 nitrogen and oxygen atoms in total. The minimum Gasteiger partial charge on any atom is -0.469 e. The molecule has 0 bridgehead atoms. The van der Waals surface area contributed by atoms with Gasteiger partial charge in [-0.3, -0.25) is 9.79 Å². The van der Waals surface area contributed by atoms with Crippen molar-refractivity contribution in [1.82, 2.24) is 5.32 Å². The molecule has 1 aromatic rings. The zero-order chi connectivity index (χ0) is 14.6. The molecule has 0 aliphatic rings. The molecule has 1 aromatic carbocycles. The number of nitrogens with two attached hydrogens (primary N) is 1. The molecule has 3 N–H and O–H groups in total. The summed E-state index contributed by atoms with van der Waals surface area (Å²) in [4.78, 5) is 15.1. The van der Waals surface area contributed by atoms with Gasteiger partial charge in [-0.1, -0.05) is 30.3 Å². The van der Waals surface area contributed by atoms with Crippen molar-refractivity contribution in [2.24, 2.45) is 10.7 Å². The van der Waals surface area contributed by atoms with Crippen molar-refractivity contribution < 1.29 is 9.53 Å². The summed E-state index contributed by atoms with van der Waals surface area (Å²) in [5.74, 6) is 0.280. The minimum absolute atomic E-state index is 0.178. The van der Waals surface area contributed by atoms with Crippen LogP contribution in [-0.2, 0) is 16.0 Å². The number of ether oxygens (including phenoxy) is 1. The molecule has 0 radical (unpaired) electrons. The lowest BCUT2D eigenvalue weighted by molar-refractivity contribution is -0.140. The van der Waals surface area contributed by atoms with Gasteiger partial charge in [0.15, 0.2) is 5.96 Å². The molecular weight excluding hydrogens is 254 g/mol. The van der Waals surface area contributed by atoms with Crippen LogP contribution in [0.5, 0.6) is 0 Å². The summed E-state index contributed by atoms with van der Waals surface area (Å²) in [6.07, 6.45) is 2.95. The fourth-order valence-corrected chi connectivity index (χ4v) is 1.72. The van der Waals surface area contributed by atoms with E-state index in [4.69, 9.17) is 5.73 Å². The van der Waals surface area contributed by atoms with Crippen molar-refractivity contribution in [3.05, 3.63) is 35.9 Å². The Bertz CT molecular complexity index is 418. The highest BCUT2D eigenvalue weighted by atomic mass is 16.5. The molecule has 0 aromatic heterocycles. The third-order valence-corrected chi connectivity index (χ3v) is 2.86. The van der Waals surface area contributed by atoms with Crippen LogP contribution in [0.25, 0.3) is 0 Å². The Morgan fingerprint density at radius 3 is 2.75 bits per heavy atom. The molecule has 0 unspecified atom stereocenters. The smallest absolute Gasteiger partial charge is 0.305 e. The highest BCUT2D eigenvalue weighted by molar-refractivity contribution is 5.77. The number of hydrogen-bond donors (Lipinski definition) is 2. The second-order valence-electron chi connectivity index (χ2n) is 4.46. The molecule has 0 saturated heterocycles. The maximum Gasteiger partial charge on any atom is 0.305 e. The van der Waals surface area contributed by atoms with Crippen molar-refractivity contribution in [1.29, 1.82) is 0 Å². The number of methoxy groups -OCH3 is 1. The van der Waals surface area contributed by atoms with Gasteiger partial charge in [0, 0.05) is 19.5 Å². The topological polar surface area (TPSA) is 76.7 Å². The molecule has 110 valence electrons. The Morgan fingerprint density at radius 2 is 2.05 bits per heavy atom. The van der Waals surface area contributed by atoms with Gasteiger partial charge in [-0.15, -0.1) is 0 Å². The summed E-state index contributed by atoms with van der Waals surface area (Å²) < 4.78 is 4.56. The van der Waals surface area contributed by atoms with Gasteiger partial charge < -0.3 is 15.8 Å². The molecule has 5 heteroatoms. The molecule has 0 atom stereocenters. The van der Waals surface area contributed by atoms with Crippen LogP contribution in [0.2, 0.25) is 0 Å². The Kier molecular flexibility index (Phi) is 7.87. The van der Waals surface area contributed by atoms with E-state index in [9.17, 15) is 4.79 Å². The largest absolute Gasteiger partial charge is 0.469 e. The van der Waals surface area contributed by atoms with Crippen LogP contribution in [-0.4, -0.2) is 32.1 Å². The minimum atomic E-state index is -0.178. The fourth-order valence-electron chi connectivity index (χ4n) is 1.72. The summed E-state index contributed by atoms with van der Waals surface area (Å²) in [7, 11) is 1.40. The van der Waals surface area contributed by atoms with E-state index in [0.29, 0.717) is 18.9 Å². The van der Waals surface area contributed by atoms with E-state index in [2.05, 4.69) is 27.2 Å². The monoisotopic (exact) mass is 277 g/mol. The van der Waals surface area contributed by atoms with Gasteiger partial charge >= 0.3 is 5.97 Å². The van der Waals surface area contributed by atoms with E-state index >= 15 is 0 Å². The van der Waals surface area contributed by atoms with Gasteiger partial charge in [-0.2, -0.15) is 0 Å². The third kappa shape index (κ3) is 7.41. The van der Waals surface area contributed by atoms with Crippen LogP contribution in [0.1, 0.15) is 24.8 Å². The van der Waals surface area contributed by atoms with Crippen LogP contribution >= 0.6 is 0 Å². The molecule has 20 heavy (non-hydrogen) atoms. The van der Waals surface area contributed by atoms with Crippen molar-refractivity contribution >= 4 is 11.9 Å².